The molecule has 2 N–H and O–H groups in total. The summed E-state index contributed by atoms with van der Waals surface area (Å²) in [5.41, 5.74) is 2.03. The third-order valence-corrected chi connectivity index (χ3v) is 6.15. The van der Waals surface area contributed by atoms with Crippen LogP contribution in [0.5, 0.6) is 0 Å². The standard InChI is InChI=1S/C20H27N3O4.2ClH/c1-26-19(25)15-12-14(23-8-10-27-11-9-23)2-3-17(15)22-18(24)16-13-20(16)4-6-21-7-5-20;;/h2-3,12,16,21H,4-11,13H2,1H3,(H,22,24);2*1H. The highest BCUT2D eigenvalue weighted by molar-refractivity contribution is 6.03. The molecule has 0 aromatic heterocycles. The van der Waals surface area contributed by atoms with E-state index in [9.17, 15) is 9.59 Å². The average Bonchev–Trinajstić information content (AvgIpc) is 3.41. The quantitative estimate of drug-likeness (QED) is 0.692. The molecular formula is C20H29Cl2N3O4. The highest BCUT2D eigenvalue weighted by atomic mass is 35.5. The van der Waals surface area contributed by atoms with E-state index in [2.05, 4.69) is 15.5 Å². The molecule has 1 unspecified atom stereocenters. The summed E-state index contributed by atoms with van der Waals surface area (Å²) in [4.78, 5) is 27.3. The van der Waals surface area contributed by atoms with Gasteiger partial charge < -0.3 is 25.0 Å². The molecule has 9 heteroatoms. The molecule has 3 fully saturated rings. The van der Waals surface area contributed by atoms with Crippen molar-refractivity contribution in [1.29, 1.82) is 0 Å². The molecule has 7 nitrogen and oxygen atoms in total. The van der Waals surface area contributed by atoms with E-state index >= 15 is 0 Å². The third-order valence-electron chi connectivity index (χ3n) is 6.15. The number of morpholine rings is 1. The number of esters is 1. The number of carbonyl (C=O) groups excluding carboxylic acids is 2. The molecule has 1 aliphatic carbocycles. The number of nitrogens with zero attached hydrogens (tertiary/aromatic N) is 1. The normalized spacial score (nSPS) is 22.1. The minimum Gasteiger partial charge on any atom is -0.465 e. The van der Waals surface area contributed by atoms with E-state index in [0.29, 0.717) is 24.5 Å². The van der Waals surface area contributed by atoms with Crippen molar-refractivity contribution in [3.63, 3.8) is 0 Å². The van der Waals surface area contributed by atoms with Crippen LogP contribution >= 0.6 is 24.8 Å². The molecule has 1 atom stereocenters. The maximum absolute atomic E-state index is 12.8. The van der Waals surface area contributed by atoms with E-state index in [1.54, 1.807) is 6.07 Å². The first kappa shape index (κ1) is 23.7. The maximum atomic E-state index is 12.8. The van der Waals surface area contributed by atoms with Gasteiger partial charge in [0.15, 0.2) is 0 Å². The van der Waals surface area contributed by atoms with Crippen LogP contribution in [-0.4, -0.2) is 58.4 Å². The number of amides is 1. The van der Waals surface area contributed by atoms with E-state index in [4.69, 9.17) is 9.47 Å². The summed E-state index contributed by atoms with van der Waals surface area (Å²) in [6.45, 7) is 4.86. The molecule has 1 aromatic carbocycles. The maximum Gasteiger partial charge on any atom is 0.340 e. The van der Waals surface area contributed by atoms with Gasteiger partial charge in [0, 0.05) is 24.7 Å². The molecular weight excluding hydrogens is 417 g/mol. The van der Waals surface area contributed by atoms with Gasteiger partial charge in [-0.15, -0.1) is 24.8 Å². The number of hydrogen-bond acceptors (Lipinski definition) is 6. The highest BCUT2D eigenvalue weighted by Crippen LogP contribution is 2.58. The summed E-state index contributed by atoms with van der Waals surface area (Å²) < 4.78 is 10.3. The lowest BCUT2D eigenvalue weighted by Gasteiger charge is -2.29. The molecule has 2 heterocycles. The fraction of sp³-hybridized carbons (Fsp3) is 0.600. The van der Waals surface area contributed by atoms with Gasteiger partial charge in [-0.05, 0) is 56.0 Å². The Kier molecular flexibility index (Phi) is 8.17. The second-order valence-electron chi connectivity index (χ2n) is 7.68. The molecule has 29 heavy (non-hydrogen) atoms. The molecule has 162 valence electrons. The van der Waals surface area contributed by atoms with Crippen LogP contribution < -0.4 is 15.5 Å². The predicted molar refractivity (Wildman–Crippen MR) is 117 cm³/mol. The Morgan fingerprint density at radius 2 is 1.90 bits per heavy atom. The van der Waals surface area contributed by atoms with Crippen LogP contribution in [0.3, 0.4) is 0 Å². The van der Waals surface area contributed by atoms with E-state index in [0.717, 1.165) is 51.1 Å². The Morgan fingerprint density at radius 1 is 1.21 bits per heavy atom. The zero-order valence-electron chi connectivity index (χ0n) is 16.6. The number of benzene rings is 1. The number of carbonyl (C=O) groups is 2. The summed E-state index contributed by atoms with van der Waals surface area (Å²) in [7, 11) is 1.36. The van der Waals surface area contributed by atoms with E-state index < -0.39 is 5.97 Å². The molecule has 4 rings (SSSR count). The Morgan fingerprint density at radius 3 is 2.55 bits per heavy atom. The van der Waals surface area contributed by atoms with Crippen LogP contribution in [0, 0.1) is 11.3 Å². The molecule has 3 aliphatic rings. The van der Waals surface area contributed by atoms with Crippen molar-refractivity contribution >= 4 is 48.1 Å². The average molecular weight is 446 g/mol. The zero-order valence-corrected chi connectivity index (χ0v) is 18.2. The van der Waals surface area contributed by atoms with Crippen molar-refractivity contribution in [3.8, 4) is 0 Å². The van der Waals surface area contributed by atoms with Gasteiger partial charge in [0.25, 0.3) is 0 Å². The summed E-state index contributed by atoms with van der Waals surface area (Å²) in [6.07, 6.45) is 3.04. The number of anilines is 2. The largest absolute Gasteiger partial charge is 0.465 e. The van der Waals surface area contributed by atoms with E-state index in [1.807, 2.05) is 12.1 Å². The van der Waals surface area contributed by atoms with Gasteiger partial charge in [-0.1, -0.05) is 0 Å². The molecule has 2 saturated heterocycles. The number of methoxy groups -OCH3 is 1. The highest BCUT2D eigenvalue weighted by Gasteiger charge is 2.57. The summed E-state index contributed by atoms with van der Waals surface area (Å²) in [5.74, 6) is -0.377. The second kappa shape index (κ2) is 9.98. The fourth-order valence-electron chi connectivity index (χ4n) is 4.35. The van der Waals surface area contributed by atoms with Gasteiger partial charge in [-0.3, -0.25) is 4.79 Å². The van der Waals surface area contributed by atoms with Gasteiger partial charge >= 0.3 is 5.97 Å². The molecule has 0 bridgehead atoms. The molecule has 1 aromatic rings. The van der Waals surface area contributed by atoms with Crippen molar-refractivity contribution < 1.29 is 19.1 Å². The minimum atomic E-state index is -0.437. The molecule has 1 amide bonds. The first-order valence-corrected chi connectivity index (χ1v) is 9.70. The van der Waals surface area contributed by atoms with Crippen LogP contribution in [0.15, 0.2) is 18.2 Å². The van der Waals surface area contributed by atoms with Crippen molar-refractivity contribution in [2.75, 3.05) is 56.7 Å². The number of ether oxygens (including phenoxy) is 2. The Balaban J connectivity index is 0.00000150. The zero-order chi connectivity index (χ0) is 18.9. The van der Waals surface area contributed by atoms with Crippen molar-refractivity contribution in [3.05, 3.63) is 23.8 Å². The third kappa shape index (κ3) is 4.97. The monoisotopic (exact) mass is 445 g/mol. The number of piperidine rings is 1. The molecule has 1 spiro atoms. The topological polar surface area (TPSA) is 79.9 Å². The lowest BCUT2D eigenvalue weighted by atomic mass is 9.91. The van der Waals surface area contributed by atoms with Crippen molar-refractivity contribution in [2.24, 2.45) is 11.3 Å². The lowest BCUT2D eigenvalue weighted by molar-refractivity contribution is -0.118. The van der Waals surface area contributed by atoms with Crippen LogP contribution in [-0.2, 0) is 14.3 Å². The SMILES string of the molecule is COC(=O)c1cc(N2CCOCC2)ccc1NC(=O)C1CC12CCNCC2.Cl.Cl. The Labute approximate surface area is 183 Å². The Bertz CT molecular complexity index is 734. The summed E-state index contributed by atoms with van der Waals surface area (Å²) in [5, 5.41) is 6.34. The van der Waals surface area contributed by atoms with Crippen LogP contribution in [0.4, 0.5) is 11.4 Å². The van der Waals surface area contributed by atoms with Crippen molar-refractivity contribution in [1.82, 2.24) is 5.32 Å². The number of halogens is 2. The van der Waals surface area contributed by atoms with Crippen LogP contribution in [0.25, 0.3) is 0 Å². The lowest BCUT2D eigenvalue weighted by Crippen LogP contribution is -2.36. The van der Waals surface area contributed by atoms with Gasteiger partial charge in [-0.2, -0.15) is 0 Å². The molecule has 1 saturated carbocycles. The van der Waals surface area contributed by atoms with Crippen LogP contribution in [0.1, 0.15) is 29.6 Å². The number of hydrogen-bond donors (Lipinski definition) is 2. The van der Waals surface area contributed by atoms with Gasteiger partial charge in [0.2, 0.25) is 5.91 Å². The predicted octanol–water partition coefficient (Wildman–Crippen LogP) is 2.48. The van der Waals surface area contributed by atoms with Gasteiger partial charge in [0.05, 0.1) is 31.6 Å². The van der Waals surface area contributed by atoms with Gasteiger partial charge in [-0.25, -0.2) is 4.79 Å². The Hall–Kier alpha value is -1.54. The molecule has 0 radical (unpaired) electrons. The first-order valence-electron chi connectivity index (χ1n) is 9.70. The number of rotatable bonds is 4. The van der Waals surface area contributed by atoms with E-state index in [-0.39, 0.29) is 42.1 Å². The molecule has 2 aliphatic heterocycles. The summed E-state index contributed by atoms with van der Waals surface area (Å²) in [6, 6.07) is 5.56. The summed E-state index contributed by atoms with van der Waals surface area (Å²) >= 11 is 0. The van der Waals surface area contributed by atoms with Crippen molar-refractivity contribution in [2.45, 2.75) is 19.3 Å². The van der Waals surface area contributed by atoms with Gasteiger partial charge in [0.1, 0.15) is 0 Å². The van der Waals surface area contributed by atoms with Crippen LogP contribution in [0.2, 0.25) is 0 Å². The second-order valence-corrected chi connectivity index (χ2v) is 7.68. The minimum absolute atomic E-state index is 0. The first-order chi connectivity index (χ1) is 13.1. The van der Waals surface area contributed by atoms with E-state index in [1.165, 1.54) is 7.11 Å². The number of nitrogens with one attached hydrogen (secondary N) is 2. The fourth-order valence-corrected chi connectivity index (χ4v) is 4.35. The smallest absolute Gasteiger partial charge is 0.340 e.